The van der Waals surface area contributed by atoms with Gasteiger partial charge >= 0.3 is 5.97 Å². The van der Waals surface area contributed by atoms with E-state index in [1.165, 1.54) is 7.11 Å². The van der Waals surface area contributed by atoms with Gasteiger partial charge in [0.15, 0.2) is 0 Å². The average Bonchev–Trinajstić information content (AvgIpc) is 2.37. The van der Waals surface area contributed by atoms with Crippen molar-refractivity contribution in [1.82, 2.24) is 5.32 Å². The highest BCUT2D eigenvalue weighted by Crippen LogP contribution is 2.29. The van der Waals surface area contributed by atoms with Gasteiger partial charge in [0.05, 0.1) is 7.11 Å². The van der Waals surface area contributed by atoms with Crippen molar-refractivity contribution in [2.75, 3.05) is 7.11 Å². The fourth-order valence-electron chi connectivity index (χ4n) is 1.78. The molecule has 2 N–H and O–H groups in total. The Bertz CT molecular complexity index is 423. The van der Waals surface area contributed by atoms with Crippen LogP contribution >= 0.6 is 15.9 Å². The van der Waals surface area contributed by atoms with Crippen molar-refractivity contribution in [2.24, 2.45) is 0 Å². The summed E-state index contributed by atoms with van der Waals surface area (Å²) in [6.07, 6.45) is 0.755. The Kier molecular flexibility index (Phi) is 5.62. The molecular weight excluding hydrogens is 298 g/mol. The molecule has 2 unspecified atom stereocenters. The Hall–Kier alpha value is -1.07. The lowest BCUT2D eigenvalue weighted by Gasteiger charge is -2.22. The first-order chi connectivity index (χ1) is 8.49. The Morgan fingerprint density at radius 2 is 2.22 bits per heavy atom. The van der Waals surface area contributed by atoms with Gasteiger partial charge in [0.2, 0.25) is 0 Å². The molecule has 0 heterocycles. The first-order valence-corrected chi connectivity index (χ1v) is 6.61. The van der Waals surface area contributed by atoms with Crippen LogP contribution in [0.4, 0.5) is 0 Å². The van der Waals surface area contributed by atoms with Crippen molar-refractivity contribution in [3.05, 3.63) is 28.2 Å². The van der Waals surface area contributed by atoms with Crippen molar-refractivity contribution >= 4 is 21.9 Å². The molecule has 1 rings (SSSR count). The number of aromatic hydroxyl groups is 1. The molecule has 0 radical (unpaired) electrons. The molecule has 0 aromatic heterocycles. The van der Waals surface area contributed by atoms with Crippen molar-refractivity contribution < 1.29 is 14.6 Å². The van der Waals surface area contributed by atoms with Crippen molar-refractivity contribution in [3.63, 3.8) is 0 Å². The number of carbonyl (C=O) groups excluding carboxylic acids is 1. The lowest BCUT2D eigenvalue weighted by molar-refractivity contribution is -0.142. The number of rotatable bonds is 5. The quantitative estimate of drug-likeness (QED) is 0.820. The zero-order valence-electron chi connectivity index (χ0n) is 10.7. The normalized spacial score (nSPS) is 14.0. The van der Waals surface area contributed by atoms with Gasteiger partial charge in [0, 0.05) is 16.1 Å². The highest BCUT2D eigenvalue weighted by molar-refractivity contribution is 9.10. The van der Waals surface area contributed by atoms with Crippen molar-refractivity contribution in [1.29, 1.82) is 0 Å². The Labute approximate surface area is 115 Å². The number of hydrogen-bond donors (Lipinski definition) is 2. The Morgan fingerprint density at radius 1 is 1.56 bits per heavy atom. The van der Waals surface area contributed by atoms with Crippen LogP contribution in [0.15, 0.2) is 22.7 Å². The summed E-state index contributed by atoms with van der Waals surface area (Å²) in [4.78, 5) is 11.4. The van der Waals surface area contributed by atoms with E-state index in [1.807, 2.05) is 13.0 Å². The molecule has 0 spiro atoms. The second kappa shape index (κ2) is 6.75. The number of halogens is 1. The van der Waals surface area contributed by atoms with E-state index in [2.05, 4.69) is 26.0 Å². The summed E-state index contributed by atoms with van der Waals surface area (Å²) in [6, 6.07) is 4.73. The Morgan fingerprint density at radius 3 is 2.78 bits per heavy atom. The number of hydrogen-bond acceptors (Lipinski definition) is 4. The zero-order valence-corrected chi connectivity index (χ0v) is 12.3. The summed E-state index contributed by atoms with van der Waals surface area (Å²) in [5.41, 5.74) is 0.766. The molecule has 0 fully saturated rings. The minimum absolute atomic E-state index is 0.100. The molecule has 0 aliphatic rings. The molecule has 0 saturated heterocycles. The molecule has 0 amide bonds. The molecule has 1 aromatic rings. The van der Waals surface area contributed by atoms with E-state index in [1.54, 1.807) is 19.1 Å². The molecule has 100 valence electrons. The van der Waals surface area contributed by atoms with E-state index < -0.39 is 6.04 Å². The number of esters is 1. The lowest BCUT2D eigenvalue weighted by atomic mass is 10.0. The third-order valence-electron chi connectivity index (χ3n) is 2.78. The SMILES string of the molecule is CCC(NC(C)C(=O)OC)c1cc(Br)ccc1O. The summed E-state index contributed by atoms with van der Waals surface area (Å²) in [5.74, 6) is -0.0995. The number of phenols is 1. The maximum atomic E-state index is 11.4. The molecule has 2 atom stereocenters. The van der Waals surface area contributed by atoms with E-state index in [4.69, 9.17) is 0 Å². The maximum Gasteiger partial charge on any atom is 0.322 e. The molecule has 0 saturated carbocycles. The predicted molar refractivity (Wildman–Crippen MR) is 73.5 cm³/mol. The summed E-state index contributed by atoms with van der Waals surface area (Å²) in [7, 11) is 1.36. The predicted octanol–water partition coefficient (Wildman–Crippen LogP) is 2.76. The summed E-state index contributed by atoms with van der Waals surface area (Å²) >= 11 is 3.37. The molecule has 0 bridgehead atoms. The van der Waals surface area contributed by atoms with Crippen LogP contribution in [-0.4, -0.2) is 24.2 Å². The van der Waals surface area contributed by atoms with Gasteiger partial charge in [-0.2, -0.15) is 0 Å². The largest absolute Gasteiger partial charge is 0.508 e. The highest BCUT2D eigenvalue weighted by Gasteiger charge is 2.20. The molecule has 18 heavy (non-hydrogen) atoms. The highest BCUT2D eigenvalue weighted by atomic mass is 79.9. The van der Waals surface area contributed by atoms with Gasteiger partial charge in [-0.15, -0.1) is 0 Å². The topological polar surface area (TPSA) is 58.6 Å². The molecule has 5 heteroatoms. The Balaban J connectivity index is 2.89. The van der Waals surface area contributed by atoms with Gasteiger partial charge < -0.3 is 9.84 Å². The average molecular weight is 316 g/mol. The van der Waals surface area contributed by atoms with Gasteiger partial charge in [0.25, 0.3) is 0 Å². The second-order valence-corrected chi connectivity index (χ2v) is 4.99. The van der Waals surface area contributed by atoms with Gasteiger partial charge in [-0.25, -0.2) is 0 Å². The van der Waals surface area contributed by atoms with Crippen LogP contribution in [0.2, 0.25) is 0 Å². The number of ether oxygens (including phenoxy) is 1. The van der Waals surface area contributed by atoms with Crippen LogP contribution in [-0.2, 0) is 9.53 Å². The summed E-state index contributed by atoms with van der Waals surface area (Å²) < 4.78 is 5.56. The number of methoxy groups -OCH3 is 1. The van der Waals surface area contributed by atoms with Crippen LogP contribution in [0.5, 0.6) is 5.75 Å². The zero-order chi connectivity index (χ0) is 13.7. The van der Waals surface area contributed by atoms with Crippen LogP contribution in [0.1, 0.15) is 31.9 Å². The molecular formula is C13H18BrNO3. The molecule has 0 aliphatic carbocycles. The summed E-state index contributed by atoms with van der Waals surface area (Å²) in [5, 5.41) is 13.0. The van der Waals surface area contributed by atoms with Crippen LogP contribution in [0.25, 0.3) is 0 Å². The third kappa shape index (κ3) is 3.71. The lowest BCUT2D eigenvalue weighted by Crippen LogP contribution is -2.37. The van der Waals surface area contributed by atoms with E-state index in [-0.39, 0.29) is 17.8 Å². The third-order valence-corrected chi connectivity index (χ3v) is 3.27. The van der Waals surface area contributed by atoms with E-state index >= 15 is 0 Å². The minimum atomic E-state index is -0.418. The summed E-state index contributed by atoms with van der Waals surface area (Å²) in [6.45, 7) is 3.73. The van der Waals surface area contributed by atoms with E-state index in [0.29, 0.717) is 0 Å². The number of phenolic OH excluding ortho intramolecular Hbond substituents is 1. The number of carbonyl (C=O) groups is 1. The second-order valence-electron chi connectivity index (χ2n) is 4.08. The molecule has 0 aliphatic heterocycles. The van der Waals surface area contributed by atoms with Crippen molar-refractivity contribution in [3.8, 4) is 5.75 Å². The number of nitrogens with one attached hydrogen (secondary N) is 1. The molecule has 4 nitrogen and oxygen atoms in total. The van der Waals surface area contributed by atoms with Gasteiger partial charge in [-0.1, -0.05) is 22.9 Å². The van der Waals surface area contributed by atoms with E-state index in [0.717, 1.165) is 16.5 Å². The van der Waals surface area contributed by atoms with Gasteiger partial charge in [-0.3, -0.25) is 10.1 Å². The van der Waals surface area contributed by atoms with Crippen molar-refractivity contribution in [2.45, 2.75) is 32.4 Å². The van der Waals surface area contributed by atoms with Gasteiger partial charge in [-0.05, 0) is 31.5 Å². The minimum Gasteiger partial charge on any atom is -0.508 e. The standard InChI is InChI=1S/C13H18BrNO3/c1-4-11(15-8(2)13(17)18-3)10-7-9(14)5-6-12(10)16/h5-8,11,15-16H,4H2,1-3H3. The van der Waals surface area contributed by atoms with Gasteiger partial charge in [0.1, 0.15) is 11.8 Å². The van der Waals surface area contributed by atoms with Crippen LogP contribution in [0.3, 0.4) is 0 Å². The van der Waals surface area contributed by atoms with E-state index in [9.17, 15) is 9.90 Å². The molecule has 1 aromatic carbocycles. The monoisotopic (exact) mass is 315 g/mol. The first-order valence-electron chi connectivity index (χ1n) is 5.81. The maximum absolute atomic E-state index is 11.4. The van der Waals surface area contributed by atoms with Crippen LogP contribution in [0, 0.1) is 0 Å². The first kappa shape index (κ1) is 15.0. The number of benzene rings is 1. The fraction of sp³-hybridized carbons (Fsp3) is 0.462. The smallest absolute Gasteiger partial charge is 0.322 e. The fourth-order valence-corrected chi connectivity index (χ4v) is 2.16. The van der Waals surface area contributed by atoms with Crippen LogP contribution < -0.4 is 5.32 Å².